The molecule has 0 spiro atoms. The number of nitrogen functional groups attached to an aromatic ring is 1. The number of likely N-dealkylation sites (N-methyl/N-ethyl adjacent to an activating group) is 1. The van der Waals surface area contributed by atoms with Gasteiger partial charge in [0.15, 0.2) is 0 Å². The number of nitrogens with two attached hydrogens (primary N) is 2. The zero-order valence-corrected chi connectivity index (χ0v) is 18.7. The second-order valence-electron chi connectivity index (χ2n) is 7.62. The molecule has 0 aliphatic heterocycles. The molecule has 1 amide bonds. The number of carbonyl (C=O) groups is 1. The van der Waals surface area contributed by atoms with Gasteiger partial charge in [0.05, 0.1) is 11.4 Å². The lowest BCUT2D eigenvalue weighted by Crippen LogP contribution is -2.30. The Morgan fingerprint density at radius 3 is 2.48 bits per heavy atom. The van der Waals surface area contributed by atoms with Gasteiger partial charge in [-0.25, -0.2) is 18.5 Å². The van der Waals surface area contributed by atoms with Gasteiger partial charge in [0, 0.05) is 35.6 Å². The van der Waals surface area contributed by atoms with Gasteiger partial charge < -0.3 is 16.0 Å². The van der Waals surface area contributed by atoms with E-state index in [4.69, 9.17) is 10.9 Å². The molecule has 9 heteroatoms. The SMILES string of the molecule is CN(CC(=O)Nc1ccc(-c2ccccc2S(N)(=O)=O)cc1)c1ccc2ccnc(N)c2c1. The average molecular weight is 462 g/mol. The summed E-state index contributed by atoms with van der Waals surface area (Å²) in [4.78, 5) is 18.6. The molecular weight excluding hydrogens is 438 g/mol. The first-order chi connectivity index (χ1) is 15.7. The van der Waals surface area contributed by atoms with E-state index >= 15 is 0 Å². The monoisotopic (exact) mass is 461 g/mol. The Kier molecular flexibility index (Phi) is 5.99. The van der Waals surface area contributed by atoms with Crippen LogP contribution in [0.4, 0.5) is 17.2 Å². The van der Waals surface area contributed by atoms with E-state index in [0.717, 1.165) is 16.5 Å². The lowest BCUT2D eigenvalue weighted by Gasteiger charge is -2.19. The minimum absolute atomic E-state index is 0.0506. The molecule has 0 bridgehead atoms. The van der Waals surface area contributed by atoms with Gasteiger partial charge in [-0.05, 0) is 47.3 Å². The van der Waals surface area contributed by atoms with Crippen LogP contribution >= 0.6 is 0 Å². The van der Waals surface area contributed by atoms with Crippen LogP contribution in [0.25, 0.3) is 21.9 Å². The number of aromatic nitrogens is 1. The molecule has 0 saturated heterocycles. The summed E-state index contributed by atoms with van der Waals surface area (Å²) in [6, 6.07) is 21.1. The van der Waals surface area contributed by atoms with Gasteiger partial charge in [-0.15, -0.1) is 0 Å². The Hall–Kier alpha value is -3.95. The number of pyridine rings is 1. The molecular formula is C24H23N5O3S. The average Bonchev–Trinajstić information content (AvgIpc) is 2.79. The molecule has 0 saturated carbocycles. The summed E-state index contributed by atoms with van der Waals surface area (Å²) in [5.74, 6) is 0.241. The topological polar surface area (TPSA) is 131 Å². The summed E-state index contributed by atoms with van der Waals surface area (Å²) in [7, 11) is -2.03. The molecule has 1 heterocycles. The Labute approximate surface area is 191 Å². The number of benzene rings is 3. The fraction of sp³-hybridized carbons (Fsp3) is 0.0833. The van der Waals surface area contributed by atoms with Crippen molar-refractivity contribution in [3.05, 3.63) is 79.0 Å². The number of nitrogens with zero attached hydrogens (tertiary/aromatic N) is 2. The predicted molar refractivity (Wildman–Crippen MR) is 131 cm³/mol. The summed E-state index contributed by atoms with van der Waals surface area (Å²) in [5, 5.41) is 9.99. The number of hydrogen-bond donors (Lipinski definition) is 3. The molecule has 0 fully saturated rings. The third-order valence-electron chi connectivity index (χ3n) is 5.28. The summed E-state index contributed by atoms with van der Waals surface area (Å²) < 4.78 is 23.7. The normalized spacial score (nSPS) is 11.3. The zero-order chi connectivity index (χ0) is 23.6. The lowest BCUT2D eigenvalue weighted by molar-refractivity contribution is -0.114. The molecule has 1 aromatic heterocycles. The van der Waals surface area contributed by atoms with Gasteiger partial charge in [-0.2, -0.15) is 0 Å². The number of sulfonamides is 1. The Morgan fingerprint density at radius 1 is 1.03 bits per heavy atom. The minimum atomic E-state index is -3.85. The predicted octanol–water partition coefficient (Wildman–Crippen LogP) is 3.21. The molecule has 0 unspecified atom stereocenters. The van der Waals surface area contributed by atoms with Crippen LogP contribution in [0.3, 0.4) is 0 Å². The van der Waals surface area contributed by atoms with Crippen LogP contribution in [0, 0.1) is 0 Å². The first-order valence-corrected chi connectivity index (χ1v) is 11.6. The Balaban J connectivity index is 1.46. The van der Waals surface area contributed by atoms with E-state index in [1.165, 1.54) is 6.07 Å². The molecule has 0 radical (unpaired) electrons. The Bertz CT molecular complexity index is 1440. The molecule has 8 nitrogen and oxygen atoms in total. The van der Waals surface area contributed by atoms with Crippen LogP contribution in [-0.4, -0.2) is 32.9 Å². The van der Waals surface area contributed by atoms with E-state index in [2.05, 4.69) is 10.3 Å². The number of primary sulfonamides is 1. The third-order valence-corrected chi connectivity index (χ3v) is 6.24. The summed E-state index contributed by atoms with van der Waals surface area (Å²) in [6.45, 7) is 0.127. The number of amides is 1. The van der Waals surface area contributed by atoms with Gasteiger partial charge in [0.2, 0.25) is 15.9 Å². The van der Waals surface area contributed by atoms with E-state index in [0.29, 0.717) is 22.6 Å². The second kappa shape index (κ2) is 8.89. The first kappa shape index (κ1) is 22.3. The number of rotatable bonds is 6. The summed E-state index contributed by atoms with van der Waals surface area (Å²) >= 11 is 0. The molecule has 0 atom stereocenters. The molecule has 4 rings (SSSR count). The van der Waals surface area contributed by atoms with E-state index in [1.54, 1.807) is 48.7 Å². The Morgan fingerprint density at radius 2 is 1.76 bits per heavy atom. The van der Waals surface area contributed by atoms with Crippen LogP contribution in [0.15, 0.2) is 83.9 Å². The number of fused-ring (bicyclic) bond motifs is 1. The van der Waals surface area contributed by atoms with Gasteiger partial charge >= 0.3 is 0 Å². The molecule has 0 aliphatic rings. The quantitative estimate of drug-likeness (QED) is 0.404. The highest BCUT2D eigenvalue weighted by molar-refractivity contribution is 7.89. The van der Waals surface area contributed by atoms with E-state index in [1.807, 2.05) is 36.2 Å². The third kappa shape index (κ3) is 4.94. The van der Waals surface area contributed by atoms with Crippen molar-refractivity contribution in [3.8, 4) is 11.1 Å². The van der Waals surface area contributed by atoms with E-state index in [-0.39, 0.29) is 17.3 Å². The number of carbonyl (C=O) groups excluding carboxylic acids is 1. The van der Waals surface area contributed by atoms with Crippen molar-refractivity contribution < 1.29 is 13.2 Å². The fourth-order valence-electron chi connectivity index (χ4n) is 3.61. The number of hydrogen-bond acceptors (Lipinski definition) is 6. The number of anilines is 3. The van der Waals surface area contributed by atoms with E-state index < -0.39 is 10.0 Å². The van der Waals surface area contributed by atoms with Gasteiger partial charge in [-0.3, -0.25) is 4.79 Å². The molecule has 168 valence electrons. The summed E-state index contributed by atoms with van der Waals surface area (Å²) in [6.07, 6.45) is 1.66. The molecule has 0 aliphatic carbocycles. The van der Waals surface area contributed by atoms with Crippen molar-refractivity contribution in [1.82, 2.24) is 4.98 Å². The standard InChI is InChI=1S/C24H23N5O3S/c1-29(19-11-8-17-12-13-27-24(25)21(17)14-19)15-23(30)28-18-9-6-16(7-10-18)20-4-2-3-5-22(20)33(26,31)32/h2-14H,15H2,1H3,(H2,25,27)(H,28,30)(H2,26,31,32). The molecule has 5 N–H and O–H groups in total. The molecule has 4 aromatic rings. The maximum atomic E-state index is 12.6. The van der Waals surface area contributed by atoms with Crippen molar-refractivity contribution in [3.63, 3.8) is 0 Å². The minimum Gasteiger partial charge on any atom is -0.383 e. The van der Waals surface area contributed by atoms with Crippen LogP contribution in [0.1, 0.15) is 0 Å². The van der Waals surface area contributed by atoms with Crippen LogP contribution < -0.4 is 21.1 Å². The largest absolute Gasteiger partial charge is 0.383 e. The molecule has 3 aromatic carbocycles. The highest BCUT2D eigenvalue weighted by Crippen LogP contribution is 2.28. The smallest absolute Gasteiger partial charge is 0.243 e. The lowest BCUT2D eigenvalue weighted by atomic mass is 10.1. The van der Waals surface area contributed by atoms with E-state index in [9.17, 15) is 13.2 Å². The maximum absolute atomic E-state index is 12.6. The highest BCUT2D eigenvalue weighted by Gasteiger charge is 2.15. The van der Waals surface area contributed by atoms with Crippen LogP contribution in [0.2, 0.25) is 0 Å². The van der Waals surface area contributed by atoms with Gasteiger partial charge in [0.1, 0.15) is 5.82 Å². The van der Waals surface area contributed by atoms with Crippen molar-refractivity contribution in [1.29, 1.82) is 0 Å². The second-order valence-corrected chi connectivity index (χ2v) is 9.15. The molecule has 33 heavy (non-hydrogen) atoms. The van der Waals surface area contributed by atoms with Gasteiger partial charge in [0.25, 0.3) is 0 Å². The van der Waals surface area contributed by atoms with Crippen molar-refractivity contribution in [2.45, 2.75) is 4.90 Å². The maximum Gasteiger partial charge on any atom is 0.243 e. The summed E-state index contributed by atoms with van der Waals surface area (Å²) in [5.41, 5.74) is 8.58. The van der Waals surface area contributed by atoms with Crippen molar-refractivity contribution in [2.75, 3.05) is 29.5 Å². The first-order valence-electron chi connectivity index (χ1n) is 10.1. The highest BCUT2D eigenvalue weighted by atomic mass is 32.2. The zero-order valence-electron chi connectivity index (χ0n) is 17.9. The van der Waals surface area contributed by atoms with Crippen LogP contribution in [0.5, 0.6) is 0 Å². The van der Waals surface area contributed by atoms with Gasteiger partial charge in [-0.1, -0.05) is 36.4 Å². The van der Waals surface area contributed by atoms with Crippen molar-refractivity contribution >= 4 is 43.9 Å². The van der Waals surface area contributed by atoms with Crippen LogP contribution in [-0.2, 0) is 14.8 Å². The number of nitrogens with one attached hydrogen (secondary N) is 1. The van der Waals surface area contributed by atoms with Crippen molar-refractivity contribution in [2.24, 2.45) is 5.14 Å². The fourth-order valence-corrected chi connectivity index (χ4v) is 4.37.